The molecule has 1 heterocycles. The number of nitrogens with zero attached hydrogens (tertiary/aromatic N) is 1. The fourth-order valence-corrected chi connectivity index (χ4v) is 1.82. The molecule has 1 aliphatic rings. The quantitative estimate of drug-likeness (QED) is 0.753. The van der Waals surface area contributed by atoms with E-state index in [9.17, 15) is 4.79 Å². The maximum atomic E-state index is 11.6. The summed E-state index contributed by atoms with van der Waals surface area (Å²) in [7, 11) is 0. The lowest BCUT2D eigenvalue weighted by Crippen LogP contribution is -2.40. The van der Waals surface area contributed by atoms with Crippen molar-refractivity contribution in [2.75, 3.05) is 32.8 Å². The Kier molecular flexibility index (Phi) is 5.47. The van der Waals surface area contributed by atoms with Crippen LogP contribution in [-0.2, 0) is 4.74 Å². The zero-order valence-electron chi connectivity index (χ0n) is 9.79. The van der Waals surface area contributed by atoms with E-state index in [1.54, 1.807) is 4.90 Å². The summed E-state index contributed by atoms with van der Waals surface area (Å²) in [5.74, 6) is 0.641. The first-order chi connectivity index (χ1) is 7.27. The summed E-state index contributed by atoms with van der Waals surface area (Å²) in [5.41, 5.74) is 0. The molecule has 1 atom stereocenters. The Hall–Kier alpha value is -0.770. The smallest absolute Gasteiger partial charge is 0.317 e. The lowest BCUT2D eigenvalue weighted by Gasteiger charge is -2.19. The third-order valence-corrected chi connectivity index (χ3v) is 2.90. The molecule has 0 aromatic rings. The van der Waals surface area contributed by atoms with Crippen LogP contribution < -0.4 is 5.32 Å². The van der Waals surface area contributed by atoms with E-state index in [0.717, 1.165) is 45.7 Å². The van der Waals surface area contributed by atoms with Gasteiger partial charge in [0.25, 0.3) is 0 Å². The normalized spacial score (nSPS) is 20.3. The van der Waals surface area contributed by atoms with Crippen molar-refractivity contribution in [2.24, 2.45) is 5.92 Å². The van der Waals surface area contributed by atoms with Gasteiger partial charge < -0.3 is 15.0 Å². The van der Waals surface area contributed by atoms with Crippen LogP contribution >= 0.6 is 0 Å². The first-order valence-electron chi connectivity index (χ1n) is 5.88. The predicted octanol–water partition coefficient (Wildman–Crippen LogP) is 1.46. The highest BCUT2D eigenvalue weighted by molar-refractivity contribution is 5.73. The van der Waals surface area contributed by atoms with E-state index >= 15 is 0 Å². The van der Waals surface area contributed by atoms with Gasteiger partial charge in [0.05, 0.1) is 0 Å². The van der Waals surface area contributed by atoms with Crippen LogP contribution in [0.4, 0.5) is 4.79 Å². The number of hydrogen-bond acceptors (Lipinski definition) is 2. The summed E-state index contributed by atoms with van der Waals surface area (Å²) in [6.45, 7) is 8.05. The minimum absolute atomic E-state index is 0.0546. The van der Waals surface area contributed by atoms with Gasteiger partial charge in [0.2, 0.25) is 0 Å². The van der Waals surface area contributed by atoms with E-state index in [1.165, 1.54) is 0 Å². The van der Waals surface area contributed by atoms with Gasteiger partial charge in [0.1, 0.15) is 0 Å². The highest BCUT2D eigenvalue weighted by atomic mass is 16.5. The van der Waals surface area contributed by atoms with Crippen molar-refractivity contribution < 1.29 is 9.53 Å². The van der Waals surface area contributed by atoms with Crippen LogP contribution in [0.25, 0.3) is 0 Å². The van der Waals surface area contributed by atoms with Gasteiger partial charge in [-0.1, -0.05) is 0 Å². The van der Waals surface area contributed by atoms with Crippen LogP contribution in [0.2, 0.25) is 0 Å². The van der Waals surface area contributed by atoms with E-state index in [2.05, 4.69) is 5.32 Å². The van der Waals surface area contributed by atoms with Gasteiger partial charge in [-0.05, 0) is 32.6 Å². The van der Waals surface area contributed by atoms with Crippen LogP contribution in [0, 0.1) is 5.92 Å². The van der Waals surface area contributed by atoms with Crippen LogP contribution in [-0.4, -0.2) is 43.8 Å². The van der Waals surface area contributed by atoms with Crippen molar-refractivity contribution in [2.45, 2.75) is 26.7 Å². The average molecular weight is 214 g/mol. The molecule has 1 unspecified atom stereocenters. The van der Waals surface area contributed by atoms with Gasteiger partial charge in [0.15, 0.2) is 0 Å². The number of urea groups is 1. The minimum atomic E-state index is 0.0546. The van der Waals surface area contributed by atoms with E-state index in [4.69, 9.17) is 4.74 Å². The molecule has 4 nitrogen and oxygen atoms in total. The maximum Gasteiger partial charge on any atom is 0.317 e. The zero-order valence-corrected chi connectivity index (χ0v) is 9.79. The molecule has 0 aliphatic carbocycles. The molecule has 0 spiro atoms. The molecule has 1 rings (SSSR count). The van der Waals surface area contributed by atoms with Gasteiger partial charge in [-0.15, -0.1) is 0 Å². The molecule has 4 heteroatoms. The number of hydrogen-bond donors (Lipinski definition) is 1. The zero-order chi connectivity index (χ0) is 11.1. The molecule has 1 saturated heterocycles. The summed E-state index contributed by atoms with van der Waals surface area (Å²) in [6, 6.07) is 0.0546. The Balaban J connectivity index is 2.10. The Bertz CT molecular complexity index is 187. The molecule has 0 saturated carbocycles. The second-order valence-electron chi connectivity index (χ2n) is 3.92. The first-order valence-corrected chi connectivity index (χ1v) is 5.88. The Morgan fingerprint density at radius 2 is 2.20 bits per heavy atom. The number of carbonyl (C=O) groups excluding carboxylic acids is 1. The van der Waals surface area contributed by atoms with E-state index in [0.29, 0.717) is 5.92 Å². The topological polar surface area (TPSA) is 41.6 Å². The van der Waals surface area contributed by atoms with Crippen molar-refractivity contribution in [1.29, 1.82) is 0 Å². The summed E-state index contributed by atoms with van der Waals surface area (Å²) >= 11 is 0. The Morgan fingerprint density at radius 1 is 1.47 bits per heavy atom. The number of nitrogens with one attached hydrogen (secondary N) is 1. The summed E-state index contributed by atoms with van der Waals surface area (Å²) in [5, 5.41) is 2.94. The molecule has 88 valence electrons. The highest BCUT2D eigenvalue weighted by Crippen LogP contribution is 2.15. The molecule has 2 amide bonds. The van der Waals surface area contributed by atoms with E-state index < -0.39 is 0 Å². The summed E-state index contributed by atoms with van der Waals surface area (Å²) in [6.07, 6.45) is 2.17. The van der Waals surface area contributed by atoms with Gasteiger partial charge in [-0.25, -0.2) is 4.79 Å². The molecule has 1 N–H and O–H groups in total. The van der Waals surface area contributed by atoms with E-state index in [-0.39, 0.29) is 6.03 Å². The van der Waals surface area contributed by atoms with Crippen molar-refractivity contribution in [3.8, 4) is 0 Å². The number of rotatable bonds is 5. The van der Waals surface area contributed by atoms with Crippen molar-refractivity contribution in [3.05, 3.63) is 0 Å². The fourth-order valence-electron chi connectivity index (χ4n) is 1.82. The van der Waals surface area contributed by atoms with Crippen molar-refractivity contribution in [1.82, 2.24) is 10.2 Å². The van der Waals surface area contributed by atoms with Crippen molar-refractivity contribution >= 4 is 6.03 Å². The summed E-state index contributed by atoms with van der Waals surface area (Å²) < 4.78 is 5.28. The third kappa shape index (κ3) is 4.08. The van der Waals surface area contributed by atoms with Crippen LogP contribution in [0.5, 0.6) is 0 Å². The maximum absolute atomic E-state index is 11.6. The molecule has 0 bridgehead atoms. The Morgan fingerprint density at radius 3 is 2.73 bits per heavy atom. The van der Waals surface area contributed by atoms with E-state index in [1.807, 2.05) is 13.8 Å². The summed E-state index contributed by atoms with van der Waals surface area (Å²) in [4.78, 5) is 13.4. The van der Waals surface area contributed by atoms with Crippen LogP contribution in [0.3, 0.4) is 0 Å². The highest BCUT2D eigenvalue weighted by Gasteiger charge is 2.16. The third-order valence-electron chi connectivity index (χ3n) is 2.90. The molecule has 0 aromatic carbocycles. The molecule has 0 radical (unpaired) electrons. The Labute approximate surface area is 92.0 Å². The molecule has 0 aromatic heterocycles. The lowest BCUT2D eigenvalue weighted by molar-refractivity contribution is 0.182. The van der Waals surface area contributed by atoms with Gasteiger partial charge in [-0.3, -0.25) is 0 Å². The SMILES string of the molecule is CCN(CC)C(=O)NCCC1CCOC1. The van der Waals surface area contributed by atoms with Gasteiger partial charge >= 0.3 is 6.03 Å². The second-order valence-corrected chi connectivity index (χ2v) is 3.92. The molecule has 1 fully saturated rings. The predicted molar refractivity (Wildman–Crippen MR) is 59.9 cm³/mol. The van der Waals surface area contributed by atoms with Crippen LogP contribution in [0.1, 0.15) is 26.7 Å². The fraction of sp³-hybridized carbons (Fsp3) is 0.909. The standard InChI is InChI=1S/C11H22N2O2/c1-3-13(4-2)11(14)12-7-5-10-6-8-15-9-10/h10H,3-9H2,1-2H3,(H,12,14). The minimum Gasteiger partial charge on any atom is -0.381 e. The number of ether oxygens (including phenoxy) is 1. The lowest BCUT2D eigenvalue weighted by atomic mass is 10.1. The van der Waals surface area contributed by atoms with Gasteiger partial charge in [-0.2, -0.15) is 0 Å². The molecular formula is C11H22N2O2. The first kappa shape index (κ1) is 12.3. The average Bonchev–Trinajstić information content (AvgIpc) is 2.72. The molecule has 1 aliphatic heterocycles. The number of amides is 2. The molecule has 15 heavy (non-hydrogen) atoms. The number of carbonyl (C=O) groups is 1. The van der Waals surface area contributed by atoms with Crippen LogP contribution in [0.15, 0.2) is 0 Å². The molecular weight excluding hydrogens is 192 g/mol. The monoisotopic (exact) mass is 214 g/mol. The van der Waals surface area contributed by atoms with Crippen molar-refractivity contribution in [3.63, 3.8) is 0 Å². The second kappa shape index (κ2) is 6.67. The van der Waals surface area contributed by atoms with Gasteiger partial charge in [0, 0.05) is 32.8 Å². The largest absolute Gasteiger partial charge is 0.381 e.